The van der Waals surface area contributed by atoms with Crippen LogP contribution in [0, 0.1) is 11.8 Å². The van der Waals surface area contributed by atoms with Crippen molar-refractivity contribution in [3.05, 3.63) is 11.1 Å². The van der Waals surface area contributed by atoms with Crippen LogP contribution in [0.4, 0.5) is 0 Å². The molecule has 68 valence electrons. The highest BCUT2D eigenvalue weighted by Crippen LogP contribution is 2.42. The molecule has 0 nitrogen and oxygen atoms in total. The molecule has 0 aromatic rings. The van der Waals surface area contributed by atoms with Crippen LogP contribution in [0.25, 0.3) is 0 Å². The lowest BCUT2D eigenvalue weighted by molar-refractivity contribution is 0.220. The van der Waals surface area contributed by atoms with Gasteiger partial charge in [-0.2, -0.15) is 0 Å². The zero-order chi connectivity index (χ0) is 8.55. The average Bonchev–Trinajstić information content (AvgIpc) is 2.07. The minimum Gasteiger partial charge on any atom is -0.0741 e. The first kappa shape index (κ1) is 8.34. The lowest BCUT2D eigenvalue weighted by atomic mass is 9.69. The Kier molecular flexibility index (Phi) is 2.25. The molecule has 1 saturated carbocycles. The molecule has 0 heteroatoms. The fraction of sp³-hybridized carbons (Fsp3) is 0.833. The molecule has 0 heterocycles. The van der Waals surface area contributed by atoms with Crippen molar-refractivity contribution in [3.8, 4) is 0 Å². The Hall–Kier alpha value is -0.260. The summed E-state index contributed by atoms with van der Waals surface area (Å²) in [5.74, 6) is 2.12. The Bertz CT molecular complexity index is 178. The van der Waals surface area contributed by atoms with Crippen LogP contribution in [-0.4, -0.2) is 0 Å². The van der Waals surface area contributed by atoms with E-state index in [0.717, 1.165) is 11.8 Å². The minimum atomic E-state index is 1.06. The van der Waals surface area contributed by atoms with Crippen LogP contribution < -0.4 is 0 Å². The molecule has 0 aromatic heterocycles. The summed E-state index contributed by atoms with van der Waals surface area (Å²) in [4.78, 5) is 0. The standard InChI is InChI=1S/C12H20/c1-9-7-11-5-3-4-6-12(11)8-10(9)2/h11-12H,3-8H2,1-2H3/t11-,12-/m1/s1. The van der Waals surface area contributed by atoms with E-state index in [-0.39, 0.29) is 0 Å². The van der Waals surface area contributed by atoms with Crippen LogP contribution in [0.1, 0.15) is 52.4 Å². The predicted molar refractivity (Wildman–Crippen MR) is 53.1 cm³/mol. The van der Waals surface area contributed by atoms with Gasteiger partial charge in [-0.3, -0.25) is 0 Å². The summed E-state index contributed by atoms with van der Waals surface area (Å²) >= 11 is 0. The number of hydrogen-bond acceptors (Lipinski definition) is 0. The molecule has 0 unspecified atom stereocenters. The van der Waals surface area contributed by atoms with E-state index in [2.05, 4.69) is 13.8 Å². The van der Waals surface area contributed by atoms with Gasteiger partial charge in [-0.05, 0) is 51.4 Å². The van der Waals surface area contributed by atoms with Crippen molar-refractivity contribution in [1.82, 2.24) is 0 Å². The third-order valence-electron chi connectivity index (χ3n) is 3.93. The van der Waals surface area contributed by atoms with Crippen molar-refractivity contribution < 1.29 is 0 Å². The Labute approximate surface area is 76.1 Å². The summed E-state index contributed by atoms with van der Waals surface area (Å²) < 4.78 is 0. The quantitative estimate of drug-likeness (QED) is 0.476. The molecule has 0 bridgehead atoms. The Morgan fingerprint density at radius 1 is 0.833 bits per heavy atom. The minimum absolute atomic E-state index is 1.06. The van der Waals surface area contributed by atoms with Gasteiger partial charge in [0.25, 0.3) is 0 Å². The molecule has 0 aromatic carbocycles. The first-order valence-electron chi connectivity index (χ1n) is 5.42. The maximum Gasteiger partial charge on any atom is -0.0289 e. The molecule has 0 N–H and O–H groups in total. The number of allylic oxidation sites excluding steroid dienone is 2. The van der Waals surface area contributed by atoms with Gasteiger partial charge in [0.15, 0.2) is 0 Å². The first-order chi connectivity index (χ1) is 5.77. The van der Waals surface area contributed by atoms with Crippen molar-refractivity contribution in [1.29, 1.82) is 0 Å². The van der Waals surface area contributed by atoms with Crippen LogP contribution in [0.2, 0.25) is 0 Å². The van der Waals surface area contributed by atoms with Gasteiger partial charge in [-0.25, -0.2) is 0 Å². The maximum absolute atomic E-state index is 2.33. The van der Waals surface area contributed by atoms with Crippen LogP contribution in [0.15, 0.2) is 11.1 Å². The average molecular weight is 164 g/mol. The molecule has 0 saturated heterocycles. The van der Waals surface area contributed by atoms with Crippen LogP contribution in [0.5, 0.6) is 0 Å². The van der Waals surface area contributed by atoms with Crippen molar-refractivity contribution in [3.63, 3.8) is 0 Å². The van der Waals surface area contributed by atoms with E-state index in [1.54, 1.807) is 11.1 Å². The van der Waals surface area contributed by atoms with Gasteiger partial charge in [0.1, 0.15) is 0 Å². The van der Waals surface area contributed by atoms with Gasteiger partial charge in [-0.1, -0.05) is 24.0 Å². The van der Waals surface area contributed by atoms with Crippen molar-refractivity contribution in [2.24, 2.45) is 11.8 Å². The SMILES string of the molecule is CC1=C(C)C[C@H]2CCCC[C@@H]2C1. The lowest BCUT2D eigenvalue weighted by Gasteiger charge is -2.36. The van der Waals surface area contributed by atoms with Crippen molar-refractivity contribution in [2.45, 2.75) is 52.4 Å². The third kappa shape index (κ3) is 1.44. The molecule has 2 rings (SSSR count). The zero-order valence-electron chi connectivity index (χ0n) is 8.40. The van der Waals surface area contributed by atoms with Gasteiger partial charge in [-0.15, -0.1) is 0 Å². The van der Waals surface area contributed by atoms with E-state index in [1.165, 1.54) is 38.5 Å². The Balaban J connectivity index is 2.10. The van der Waals surface area contributed by atoms with Gasteiger partial charge in [0.2, 0.25) is 0 Å². The molecule has 2 aliphatic carbocycles. The molecule has 12 heavy (non-hydrogen) atoms. The Morgan fingerprint density at radius 2 is 1.25 bits per heavy atom. The summed E-state index contributed by atoms with van der Waals surface area (Å²) in [7, 11) is 0. The fourth-order valence-electron chi connectivity index (χ4n) is 2.96. The number of hydrogen-bond donors (Lipinski definition) is 0. The van der Waals surface area contributed by atoms with Crippen LogP contribution in [0.3, 0.4) is 0 Å². The normalized spacial score (nSPS) is 36.5. The second kappa shape index (κ2) is 3.24. The summed E-state index contributed by atoms with van der Waals surface area (Å²) in [6, 6.07) is 0. The molecule has 0 radical (unpaired) electrons. The van der Waals surface area contributed by atoms with E-state index in [9.17, 15) is 0 Å². The Morgan fingerprint density at radius 3 is 1.67 bits per heavy atom. The second-order valence-corrected chi connectivity index (χ2v) is 4.77. The molecular formula is C12H20. The molecule has 0 amide bonds. The molecule has 1 fully saturated rings. The highest BCUT2D eigenvalue weighted by molar-refractivity contribution is 5.15. The van der Waals surface area contributed by atoms with Gasteiger partial charge in [0, 0.05) is 0 Å². The van der Waals surface area contributed by atoms with Gasteiger partial charge >= 0.3 is 0 Å². The largest absolute Gasteiger partial charge is 0.0741 e. The number of fused-ring (bicyclic) bond motifs is 1. The summed E-state index contributed by atoms with van der Waals surface area (Å²) in [6.07, 6.45) is 8.83. The molecule has 0 aliphatic heterocycles. The highest BCUT2D eigenvalue weighted by atomic mass is 14.3. The molecule has 0 spiro atoms. The van der Waals surface area contributed by atoms with Crippen molar-refractivity contribution in [2.75, 3.05) is 0 Å². The van der Waals surface area contributed by atoms with Crippen molar-refractivity contribution >= 4 is 0 Å². The first-order valence-corrected chi connectivity index (χ1v) is 5.42. The molecule has 2 atom stereocenters. The third-order valence-corrected chi connectivity index (χ3v) is 3.93. The summed E-state index contributed by atoms with van der Waals surface area (Å²) in [5, 5.41) is 0. The topological polar surface area (TPSA) is 0 Å². The monoisotopic (exact) mass is 164 g/mol. The fourth-order valence-corrected chi connectivity index (χ4v) is 2.96. The zero-order valence-corrected chi connectivity index (χ0v) is 8.40. The summed E-state index contributed by atoms with van der Waals surface area (Å²) in [6.45, 7) is 4.67. The van der Waals surface area contributed by atoms with E-state index >= 15 is 0 Å². The van der Waals surface area contributed by atoms with Gasteiger partial charge in [0.05, 0.1) is 0 Å². The summed E-state index contributed by atoms with van der Waals surface area (Å²) in [5.41, 5.74) is 3.39. The van der Waals surface area contributed by atoms with E-state index in [0.29, 0.717) is 0 Å². The molecule has 2 aliphatic rings. The van der Waals surface area contributed by atoms with Crippen LogP contribution in [-0.2, 0) is 0 Å². The predicted octanol–water partition coefficient (Wildman–Crippen LogP) is 3.92. The molecular weight excluding hydrogens is 144 g/mol. The van der Waals surface area contributed by atoms with Gasteiger partial charge < -0.3 is 0 Å². The second-order valence-electron chi connectivity index (χ2n) is 4.77. The maximum atomic E-state index is 2.33. The van der Waals surface area contributed by atoms with E-state index < -0.39 is 0 Å². The number of rotatable bonds is 0. The van der Waals surface area contributed by atoms with E-state index in [4.69, 9.17) is 0 Å². The van der Waals surface area contributed by atoms with Crippen LogP contribution >= 0.6 is 0 Å². The highest BCUT2D eigenvalue weighted by Gasteiger charge is 2.28. The lowest BCUT2D eigenvalue weighted by Crippen LogP contribution is -2.23. The smallest absolute Gasteiger partial charge is 0.0289 e. The van der Waals surface area contributed by atoms with E-state index in [1.807, 2.05) is 0 Å².